The van der Waals surface area contributed by atoms with Gasteiger partial charge in [-0.15, -0.1) is 0 Å². The van der Waals surface area contributed by atoms with Crippen molar-refractivity contribution in [3.8, 4) is 5.69 Å². The summed E-state index contributed by atoms with van der Waals surface area (Å²) in [4.78, 5) is 14.9. The van der Waals surface area contributed by atoms with E-state index < -0.39 is 0 Å². The largest absolute Gasteiger partial charge is 0.386 e. The molecule has 4 aliphatic rings. The molecule has 1 N–H and O–H groups in total. The summed E-state index contributed by atoms with van der Waals surface area (Å²) in [7, 11) is 0. The van der Waals surface area contributed by atoms with Gasteiger partial charge in [-0.2, -0.15) is 0 Å². The molecule has 0 spiro atoms. The number of aromatic nitrogens is 2. The molecule has 0 saturated carbocycles. The maximum Gasteiger partial charge on any atom is 0.0852 e. The minimum atomic E-state index is 0.851. The van der Waals surface area contributed by atoms with Crippen molar-refractivity contribution < 1.29 is 0 Å². The first-order valence-electron chi connectivity index (χ1n) is 14.6. The molecule has 5 nitrogen and oxygen atoms in total. The number of rotatable bonds is 4. The number of hydrogen-bond donors (Lipinski definition) is 1. The number of aliphatic imine (C=N–C) groups is 2. The maximum absolute atomic E-state index is 5.18. The van der Waals surface area contributed by atoms with E-state index in [1.165, 1.54) is 38.9 Å². The minimum Gasteiger partial charge on any atom is -0.386 e. The van der Waals surface area contributed by atoms with Crippen molar-refractivity contribution in [2.24, 2.45) is 9.98 Å². The standard InChI is InChI=1S/C36H31N5/c1-2-11-27-25(8-1)21-38-22-30(27)32-14-7-16-34(40-32)33-15-6-13-31(39-33)24-9-5-10-26(20-24)41-35-17-4-3-12-28(35)29-18-19-37-23-36(29)41/h1,3-5,7-10,12-14,16-17,20,22-23,38H,2,6,11,15,18-19,21H2. The monoisotopic (exact) mass is 533 g/mol. The molecule has 0 radical (unpaired) electrons. The fourth-order valence-electron chi connectivity index (χ4n) is 6.61. The first kappa shape index (κ1) is 24.1. The number of nitrogens with zero attached hydrogens (tertiary/aromatic N) is 4. The van der Waals surface area contributed by atoms with Crippen molar-refractivity contribution in [3.05, 3.63) is 131 Å². The van der Waals surface area contributed by atoms with Crippen LogP contribution in [0.4, 0.5) is 0 Å². The molecular weight excluding hydrogens is 502 g/mol. The predicted molar refractivity (Wildman–Crippen MR) is 169 cm³/mol. The summed E-state index contributed by atoms with van der Waals surface area (Å²) in [5.41, 5.74) is 14.1. The molecule has 200 valence electrons. The van der Waals surface area contributed by atoms with Crippen molar-refractivity contribution in [3.63, 3.8) is 0 Å². The second-order valence-corrected chi connectivity index (χ2v) is 11.0. The first-order valence-corrected chi connectivity index (χ1v) is 14.6. The van der Waals surface area contributed by atoms with Gasteiger partial charge in [0.2, 0.25) is 0 Å². The van der Waals surface area contributed by atoms with Gasteiger partial charge in [0.25, 0.3) is 0 Å². The number of hydrogen-bond acceptors (Lipinski definition) is 4. The lowest BCUT2D eigenvalue weighted by atomic mass is 9.88. The number of nitrogens with one attached hydrogen (secondary N) is 1. The molecule has 41 heavy (non-hydrogen) atoms. The third-order valence-corrected chi connectivity index (χ3v) is 8.55. The molecule has 0 fully saturated rings. The summed E-state index contributed by atoms with van der Waals surface area (Å²) < 4.78 is 2.35. The highest BCUT2D eigenvalue weighted by atomic mass is 15.0. The molecule has 2 aromatic carbocycles. The number of fused-ring (bicyclic) bond motifs is 3. The number of dihydropyridines is 1. The van der Waals surface area contributed by atoms with E-state index >= 15 is 0 Å². The summed E-state index contributed by atoms with van der Waals surface area (Å²) in [6, 6.07) is 23.8. The van der Waals surface area contributed by atoms with Crippen LogP contribution in [0.2, 0.25) is 0 Å². The van der Waals surface area contributed by atoms with Gasteiger partial charge >= 0.3 is 0 Å². The Morgan fingerprint density at radius 2 is 1.78 bits per heavy atom. The Hall–Kier alpha value is -4.77. The molecule has 4 aromatic rings. The lowest BCUT2D eigenvalue weighted by molar-refractivity contribution is 0.871. The quantitative estimate of drug-likeness (QED) is 0.301. The van der Waals surface area contributed by atoms with Crippen molar-refractivity contribution in [1.82, 2.24) is 14.9 Å². The molecule has 0 bridgehead atoms. The molecule has 1 aliphatic carbocycles. The molecule has 0 unspecified atom stereocenters. The first-order chi connectivity index (χ1) is 20.3. The normalized spacial score (nSPS) is 17.9. The fraction of sp³-hybridized carbons (Fsp3) is 0.194. The molecule has 5 heterocycles. The second kappa shape index (κ2) is 10.0. The molecule has 3 aliphatic heterocycles. The number of benzene rings is 2. The average Bonchev–Trinajstić information content (AvgIpc) is 3.39. The van der Waals surface area contributed by atoms with Gasteiger partial charge in [-0.05, 0) is 79.1 Å². The van der Waals surface area contributed by atoms with Gasteiger partial charge in [0.1, 0.15) is 0 Å². The van der Waals surface area contributed by atoms with E-state index in [0.29, 0.717) is 0 Å². The Balaban J connectivity index is 1.15. The maximum atomic E-state index is 5.18. The fourth-order valence-corrected chi connectivity index (χ4v) is 6.61. The van der Waals surface area contributed by atoms with E-state index in [2.05, 4.69) is 106 Å². The van der Waals surface area contributed by atoms with Crippen LogP contribution in [0.5, 0.6) is 0 Å². The van der Waals surface area contributed by atoms with Gasteiger partial charge < -0.3 is 9.88 Å². The second-order valence-electron chi connectivity index (χ2n) is 11.0. The van der Waals surface area contributed by atoms with Crippen LogP contribution in [-0.4, -0.2) is 34.6 Å². The highest BCUT2D eigenvalue weighted by molar-refractivity contribution is 6.03. The minimum absolute atomic E-state index is 0.851. The highest BCUT2D eigenvalue weighted by Gasteiger charge is 2.21. The summed E-state index contributed by atoms with van der Waals surface area (Å²) in [5.74, 6) is 0. The molecule has 0 atom stereocenters. The number of pyridine rings is 1. The van der Waals surface area contributed by atoms with Crippen molar-refractivity contribution in [2.75, 3.05) is 13.1 Å². The summed E-state index contributed by atoms with van der Waals surface area (Å²) in [6.45, 7) is 1.74. The predicted octanol–water partition coefficient (Wildman–Crippen LogP) is 7.22. The van der Waals surface area contributed by atoms with Crippen molar-refractivity contribution >= 4 is 34.1 Å². The Bertz CT molecular complexity index is 1890. The summed E-state index contributed by atoms with van der Waals surface area (Å²) >= 11 is 0. The Morgan fingerprint density at radius 3 is 2.78 bits per heavy atom. The Labute approximate surface area is 240 Å². The van der Waals surface area contributed by atoms with Gasteiger partial charge in [-0.25, -0.2) is 4.98 Å². The van der Waals surface area contributed by atoms with Crippen molar-refractivity contribution in [2.45, 2.75) is 32.1 Å². The van der Waals surface area contributed by atoms with Gasteiger partial charge in [0.05, 0.1) is 34.0 Å². The summed E-state index contributed by atoms with van der Waals surface area (Å²) in [5, 5.41) is 4.76. The zero-order valence-corrected chi connectivity index (χ0v) is 23.0. The van der Waals surface area contributed by atoms with Crippen LogP contribution in [0.3, 0.4) is 0 Å². The average molecular weight is 534 g/mol. The van der Waals surface area contributed by atoms with Crippen LogP contribution in [0.15, 0.2) is 112 Å². The third-order valence-electron chi connectivity index (χ3n) is 8.55. The SMILES string of the molecule is C1=CC2=C(CC1)C(c1cccc(C3=NC(c4cccc(-n5c6c(c7ccccc75)CCN=C6)c4)=CCC3)n1)=CNC2. The van der Waals surface area contributed by atoms with Gasteiger partial charge in [0, 0.05) is 47.7 Å². The Morgan fingerprint density at radius 1 is 0.854 bits per heavy atom. The zero-order chi connectivity index (χ0) is 27.2. The molecular formula is C36H31N5. The smallest absolute Gasteiger partial charge is 0.0852 e. The lowest BCUT2D eigenvalue weighted by Crippen LogP contribution is -2.19. The number of allylic oxidation sites excluding steroid dienone is 4. The van der Waals surface area contributed by atoms with Gasteiger partial charge in [-0.1, -0.05) is 54.6 Å². The van der Waals surface area contributed by atoms with Crippen LogP contribution >= 0.6 is 0 Å². The molecule has 0 saturated heterocycles. The van der Waals surface area contributed by atoms with Crippen LogP contribution in [0.1, 0.15) is 53.9 Å². The summed E-state index contributed by atoms with van der Waals surface area (Å²) in [6.07, 6.45) is 15.9. The Kier molecular flexibility index (Phi) is 5.87. The van der Waals surface area contributed by atoms with Gasteiger partial charge in [0.15, 0.2) is 0 Å². The van der Waals surface area contributed by atoms with Crippen LogP contribution in [0, 0.1) is 0 Å². The van der Waals surface area contributed by atoms with Crippen LogP contribution in [-0.2, 0) is 6.42 Å². The molecule has 5 heteroatoms. The lowest BCUT2D eigenvalue weighted by Gasteiger charge is -2.24. The van der Waals surface area contributed by atoms with E-state index in [4.69, 9.17) is 9.98 Å². The van der Waals surface area contributed by atoms with Crippen LogP contribution < -0.4 is 5.32 Å². The van der Waals surface area contributed by atoms with E-state index in [1.54, 1.807) is 0 Å². The molecule has 8 rings (SSSR count). The number of para-hydroxylation sites is 1. The van der Waals surface area contributed by atoms with E-state index in [0.717, 1.165) is 79.2 Å². The van der Waals surface area contributed by atoms with E-state index in [1.807, 2.05) is 6.21 Å². The zero-order valence-electron chi connectivity index (χ0n) is 23.0. The van der Waals surface area contributed by atoms with Gasteiger partial charge in [-0.3, -0.25) is 9.98 Å². The molecule has 2 aromatic heterocycles. The topological polar surface area (TPSA) is 54.6 Å². The third kappa shape index (κ3) is 4.20. The van der Waals surface area contributed by atoms with E-state index in [9.17, 15) is 0 Å². The van der Waals surface area contributed by atoms with Crippen LogP contribution in [0.25, 0.3) is 27.9 Å². The highest BCUT2D eigenvalue weighted by Crippen LogP contribution is 2.35. The van der Waals surface area contributed by atoms with E-state index in [-0.39, 0.29) is 0 Å². The molecule has 0 amide bonds. The van der Waals surface area contributed by atoms with Crippen molar-refractivity contribution in [1.29, 1.82) is 0 Å².